The van der Waals surface area contributed by atoms with Gasteiger partial charge in [-0.2, -0.15) is 0 Å². The van der Waals surface area contributed by atoms with E-state index in [1.165, 1.54) is 49.4 Å². The second-order valence-electron chi connectivity index (χ2n) is 8.71. The van der Waals surface area contributed by atoms with Gasteiger partial charge in [0.25, 0.3) is 0 Å². The number of aryl methyl sites for hydroxylation is 5. The molecule has 0 saturated heterocycles. The molecule has 0 aliphatic heterocycles. The van der Waals surface area contributed by atoms with Gasteiger partial charge in [-0.25, -0.2) is 0 Å². The van der Waals surface area contributed by atoms with Gasteiger partial charge in [0.15, 0.2) is 0 Å². The lowest BCUT2D eigenvalue weighted by Crippen LogP contribution is -2.00. The van der Waals surface area contributed by atoms with Crippen LogP contribution in [0.3, 0.4) is 0 Å². The zero-order valence-electron chi connectivity index (χ0n) is 18.9. The van der Waals surface area contributed by atoms with E-state index in [4.69, 9.17) is 0 Å². The Morgan fingerprint density at radius 1 is 0.406 bits per heavy atom. The highest BCUT2D eigenvalue weighted by molar-refractivity contribution is 6.06. The minimum absolute atomic E-state index is 1.06. The van der Waals surface area contributed by atoms with E-state index in [0.717, 1.165) is 32.1 Å². The van der Waals surface area contributed by atoms with Crippen molar-refractivity contribution < 1.29 is 0 Å². The summed E-state index contributed by atoms with van der Waals surface area (Å²) in [7, 11) is 0. The Morgan fingerprint density at radius 2 is 0.875 bits per heavy atom. The van der Waals surface area contributed by atoms with Crippen LogP contribution in [0.2, 0.25) is 0 Å². The minimum Gasteiger partial charge on any atom is -0.0622 e. The van der Waals surface area contributed by atoms with Crippen molar-refractivity contribution in [2.45, 2.75) is 39.0 Å². The molecule has 0 unspecified atom stereocenters. The molecule has 0 saturated carbocycles. The van der Waals surface area contributed by atoms with E-state index < -0.39 is 0 Å². The summed E-state index contributed by atoms with van der Waals surface area (Å²) in [6, 6.07) is 38.0. The topological polar surface area (TPSA) is 0 Å². The standard InChI is InChI=1S/C32H30/c1-2-24-17-20-31-29(21-18-25-11-5-3-6-12-25)27-15-9-10-16-28(27)30(32(31)23-24)22-19-26-13-7-4-8-14-26/h3-17,20,23H,2,18-19,21-22H2,1H3. The first-order valence-corrected chi connectivity index (χ1v) is 11.9. The van der Waals surface area contributed by atoms with Gasteiger partial charge in [-0.15, -0.1) is 0 Å². The van der Waals surface area contributed by atoms with Crippen molar-refractivity contribution >= 4 is 21.5 Å². The highest BCUT2D eigenvalue weighted by atomic mass is 14.2. The molecule has 0 nitrogen and oxygen atoms in total. The molecule has 158 valence electrons. The summed E-state index contributed by atoms with van der Waals surface area (Å²) in [5.41, 5.74) is 7.22. The third-order valence-corrected chi connectivity index (χ3v) is 6.73. The van der Waals surface area contributed by atoms with E-state index in [1.54, 1.807) is 0 Å². The van der Waals surface area contributed by atoms with E-state index in [-0.39, 0.29) is 0 Å². The van der Waals surface area contributed by atoms with Crippen LogP contribution >= 0.6 is 0 Å². The van der Waals surface area contributed by atoms with Gasteiger partial charge < -0.3 is 0 Å². The van der Waals surface area contributed by atoms with Gasteiger partial charge in [0.1, 0.15) is 0 Å². The summed E-state index contributed by atoms with van der Waals surface area (Å²) in [5.74, 6) is 0. The van der Waals surface area contributed by atoms with Crippen LogP contribution < -0.4 is 0 Å². The van der Waals surface area contributed by atoms with Gasteiger partial charge in [0.05, 0.1) is 0 Å². The molecule has 0 heteroatoms. The molecule has 0 aromatic heterocycles. The van der Waals surface area contributed by atoms with Gasteiger partial charge in [-0.1, -0.05) is 110 Å². The lowest BCUT2D eigenvalue weighted by atomic mass is 9.86. The molecule has 0 fully saturated rings. The number of rotatable bonds is 7. The first-order chi connectivity index (χ1) is 15.8. The number of hydrogen-bond acceptors (Lipinski definition) is 0. The molecule has 0 spiro atoms. The lowest BCUT2D eigenvalue weighted by molar-refractivity contribution is 0.966. The molecule has 5 aromatic rings. The Labute approximate surface area is 191 Å². The number of benzene rings is 5. The van der Waals surface area contributed by atoms with Crippen LogP contribution in [-0.4, -0.2) is 0 Å². The van der Waals surface area contributed by atoms with Crippen LogP contribution in [0.15, 0.2) is 103 Å². The van der Waals surface area contributed by atoms with Gasteiger partial charge >= 0.3 is 0 Å². The van der Waals surface area contributed by atoms with Gasteiger partial charge in [0, 0.05) is 0 Å². The van der Waals surface area contributed by atoms with Crippen LogP contribution in [-0.2, 0) is 32.1 Å². The summed E-state index contributed by atoms with van der Waals surface area (Å²) in [6.07, 6.45) is 5.33. The summed E-state index contributed by atoms with van der Waals surface area (Å²) in [6.45, 7) is 2.25. The molecular weight excluding hydrogens is 384 g/mol. The Morgan fingerprint density at radius 3 is 1.41 bits per heavy atom. The molecule has 0 heterocycles. The normalized spacial score (nSPS) is 11.3. The van der Waals surface area contributed by atoms with Crippen molar-refractivity contribution in [2.75, 3.05) is 0 Å². The molecule has 0 radical (unpaired) electrons. The van der Waals surface area contributed by atoms with Crippen LogP contribution in [0.1, 0.15) is 34.7 Å². The van der Waals surface area contributed by atoms with Gasteiger partial charge in [0.2, 0.25) is 0 Å². The zero-order chi connectivity index (χ0) is 21.8. The molecule has 32 heavy (non-hydrogen) atoms. The molecule has 5 aromatic carbocycles. The maximum Gasteiger partial charge on any atom is -0.0140 e. The maximum absolute atomic E-state index is 2.45. The zero-order valence-corrected chi connectivity index (χ0v) is 18.9. The molecular formula is C32H30. The van der Waals surface area contributed by atoms with Gasteiger partial charge in [-0.05, 0) is 81.5 Å². The van der Waals surface area contributed by atoms with E-state index in [0.29, 0.717) is 0 Å². The highest BCUT2D eigenvalue weighted by Crippen LogP contribution is 2.35. The van der Waals surface area contributed by atoms with Crippen molar-refractivity contribution in [3.63, 3.8) is 0 Å². The molecule has 0 amide bonds. The maximum atomic E-state index is 2.45. The third kappa shape index (κ3) is 4.18. The third-order valence-electron chi connectivity index (χ3n) is 6.73. The second kappa shape index (κ2) is 9.40. The first-order valence-electron chi connectivity index (χ1n) is 11.9. The van der Waals surface area contributed by atoms with Crippen LogP contribution in [0.25, 0.3) is 21.5 Å². The quantitative estimate of drug-likeness (QED) is 0.236. The average Bonchev–Trinajstić information content (AvgIpc) is 2.87. The van der Waals surface area contributed by atoms with Crippen LogP contribution in [0.4, 0.5) is 0 Å². The van der Waals surface area contributed by atoms with E-state index in [1.807, 2.05) is 0 Å². The second-order valence-corrected chi connectivity index (χ2v) is 8.71. The fourth-order valence-corrected chi connectivity index (χ4v) is 4.99. The molecule has 0 bridgehead atoms. The summed E-state index contributed by atoms with van der Waals surface area (Å²) in [4.78, 5) is 0. The summed E-state index contributed by atoms with van der Waals surface area (Å²) < 4.78 is 0. The molecule has 5 rings (SSSR count). The fraction of sp³-hybridized carbons (Fsp3) is 0.188. The molecule has 0 aliphatic rings. The largest absolute Gasteiger partial charge is 0.0622 e. The van der Waals surface area contributed by atoms with E-state index in [2.05, 4.69) is 110 Å². The molecule has 0 N–H and O–H groups in total. The molecule has 0 aliphatic carbocycles. The van der Waals surface area contributed by atoms with Gasteiger partial charge in [-0.3, -0.25) is 0 Å². The Kier molecular flexibility index (Phi) is 6.03. The van der Waals surface area contributed by atoms with Crippen LogP contribution in [0, 0.1) is 0 Å². The van der Waals surface area contributed by atoms with Crippen molar-refractivity contribution in [1.82, 2.24) is 0 Å². The smallest absolute Gasteiger partial charge is 0.0140 e. The van der Waals surface area contributed by atoms with E-state index >= 15 is 0 Å². The highest BCUT2D eigenvalue weighted by Gasteiger charge is 2.14. The predicted molar refractivity (Wildman–Crippen MR) is 139 cm³/mol. The summed E-state index contributed by atoms with van der Waals surface area (Å²) >= 11 is 0. The Bertz CT molecular complexity index is 1330. The van der Waals surface area contributed by atoms with Crippen molar-refractivity contribution in [2.24, 2.45) is 0 Å². The van der Waals surface area contributed by atoms with Crippen molar-refractivity contribution in [1.29, 1.82) is 0 Å². The first kappa shape index (κ1) is 20.5. The fourth-order valence-electron chi connectivity index (χ4n) is 4.99. The lowest BCUT2D eigenvalue weighted by Gasteiger charge is -2.18. The summed E-state index contributed by atoms with van der Waals surface area (Å²) in [5, 5.41) is 5.72. The van der Waals surface area contributed by atoms with E-state index in [9.17, 15) is 0 Å². The Balaban J connectivity index is 1.64. The molecule has 0 atom stereocenters. The average molecular weight is 415 g/mol. The minimum atomic E-state index is 1.06. The Hall–Kier alpha value is -3.38. The van der Waals surface area contributed by atoms with Crippen molar-refractivity contribution in [3.05, 3.63) is 131 Å². The number of hydrogen-bond donors (Lipinski definition) is 0. The van der Waals surface area contributed by atoms with Crippen molar-refractivity contribution in [3.8, 4) is 0 Å². The van der Waals surface area contributed by atoms with Crippen LogP contribution in [0.5, 0.6) is 0 Å². The predicted octanol–water partition coefficient (Wildman–Crippen LogP) is 8.13. The SMILES string of the molecule is CCc1ccc2c(CCc3ccccc3)c3ccccc3c(CCc3ccccc3)c2c1. The monoisotopic (exact) mass is 414 g/mol. The number of fused-ring (bicyclic) bond motifs is 2.